The van der Waals surface area contributed by atoms with Crippen LogP contribution in [0.2, 0.25) is 0 Å². The van der Waals surface area contributed by atoms with E-state index in [1.165, 1.54) is 0 Å². The molecule has 0 aliphatic rings. The summed E-state index contributed by atoms with van der Waals surface area (Å²) in [6.07, 6.45) is 1.53. The van der Waals surface area contributed by atoms with Gasteiger partial charge in [0.2, 0.25) is 0 Å². The fourth-order valence-corrected chi connectivity index (χ4v) is 1.50. The summed E-state index contributed by atoms with van der Waals surface area (Å²) < 4.78 is 15.4. The van der Waals surface area contributed by atoms with Crippen molar-refractivity contribution in [2.24, 2.45) is 5.41 Å². The molecule has 0 aromatic rings. The third-order valence-electron chi connectivity index (χ3n) is 3.15. The molecule has 3 atom stereocenters. The van der Waals surface area contributed by atoms with Crippen molar-refractivity contribution in [3.8, 4) is 0 Å². The quantitative estimate of drug-likeness (QED) is 0.468. The minimum atomic E-state index is -0.381. The molecule has 6 nitrogen and oxygen atoms in total. The Balaban J connectivity index is 0. The smallest absolute Gasteiger partial charge is 0.0745 e. The zero-order valence-electron chi connectivity index (χ0n) is 14.9. The van der Waals surface area contributed by atoms with E-state index in [1.54, 1.807) is 14.0 Å². The molecule has 0 aliphatic heterocycles. The van der Waals surface area contributed by atoms with Crippen molar-refractivity contribution in [1.29, 1.82) is 0 Å². The Labute approximate surface area is 135 Å². The topological polar surface area (TPSA) is 88.4 Å². The molecule has 0 amide bonds. The van der Waals surface area contributed by atoms with Crippen molar-refractivity contribution >= 4 is 0 Å². The first-order valence-electron chi connectivity index (χ1n) is 7.93. The number of aliphatic hydroxyl groups is 3. The molecule has 0 rings (SSSR count). The van der Waals surface area contributed by atoms with E-state index in [9.17, 15) is 0 Å². The van der Waals surface area contributed by atoms with Gasteiger partial charge in [0.1, 0.15) is 0 Å². The largest absolute Gasteiger partial charge is 0.396 e. The summed E-state index contributed by atoms with van der Waals surface area (Å²) in [6.45, 7) is 9.92. The molecule has 22 heavy (non-hydrogen) atoms. The summed E-state index contributed by atoms with van der Waals surface area (Å²) in [5.41, 5.74) is -0.274. The summed E-state index contributed by atoms with van der Waals surface area (Å²) in [5.74, 6) is 0. The lowest BCUT2D eigenvalue weighted by atomic mass is 9.89. The van der Waals surface area contributed by atoms with Crippen LogP contribution in [0, 0.1) is 5.41 Å². The van der Waals surface area contributed by atoms with E-state index in [0.717, 1.165) is 6.42 Å². The molecule has 0 bridgehead atoms. The SMILES string of the molecule is CCC(C)OCCOCC(C)O.COCC(C)(CO)CCO. The molecule has 0 spiro atoms. The zero-order chi connectivity index (χ0) is 17.4. The van der Waals surface area contributed by atoms with Crippen molar-refractivity contribution in [2.45, 2.75) is 52.7 Å². The first kappa shape index (κ1) is 24.0. The molecule has 0 heterocycles. The number of aliphatic hydroxyl groups excluding tert-OH is 3. The van der Waals surface area contributed by atoms with E-state index in [-0.39, 0.29) is 24.7 Å². The van der Waals surface area contributed by atoms with Gasteiger partial charge in [-0.15, -0.1) is 0 Å². The van der Waals surface area contributed by atoms with Crippen LogP contribution in [0.3, 0.4) is 0 Å². The number of ether oxygens (including phenoxy) is 3. The van der Waals surface area contributed by atoms with Gasteiger partial charge in [-0.1, -0.05) is 13.8 Å². The summed E-state index contributed by atoms with van der Waals surface area (Å²) >= 11 is 0. The van der Waals surface area contributed by atoms with Gasteiger partial charge in [0.25, 0.3) is 0 Å². The van der Waals surface area contributed by atoms with Gasteiger partial charge in [-0.05, 0) is 26.7 Å². The highest BCUT2D eigenvalue weighted by atomic mass is 16.5. The van der Waals surface area contributed by atoms with Gasteiger partial charge in [-0.2, -0.15) is 0 Å². The summed E-state index contributed by atoms with van der Waals surface area (Å²) in [5, 5.41) is 26.3. The van der Waals surface area contributed by atoms with Crippen LogP contribution >= 0.6 is 0 Å². The van der Waals surface area contributed by atoms with E-state index in [4.69, 9.17) is 29.5 Å². The third kappa shape index (κ3) is 16.1. The highest BCUT2D eigenvalue weighted by Crippen LogP contribution is 2.19. The zero-order valence-corrected chi connectivity index (χ0v) is 14.9. The van der Waals surface area contributed by atoms with Crippen molar-refractivity contribution in [3.63, 3.8) is 0 Å². The van der Waals surface area contributed by atoms with Crippen molar-refractivity contribution in [2.75, 3.05) is 46.8 Å². The Morgan fingerprint density at radius 2 is 1.77 bits per heavy atom. The molecule has 0 radical (unpaired) electrons. The van der Waals surface area contributed by atoms with Gasteiger partial charge < -0.3 is 29.5 Å². The second-order valence-electron chi connectivity index (χ2n) is 5.89. The minimum Gasteiger partial charge on any atom is -0.396 e. The molecule has 0 aromatic heterocycles. The predicted molar refractivity (Wildman–Crippen MR) is 87.0 cm³/mol. The molecule has 0 saturated heterocycles. The summed E-state index contributed by atoms with van der Waals surface area (Å²) in [6, 6.07) is 0. The summed E-state index contributed by atoms with van der Waals surface area (Å²) in [7, 11) is 1.59. The van der Waals surface area contributed by atoms with E-state index in [2.05, 4.69) is 6.92 Å². The van der Waals surface area contributed by atoms with Crippen molar-refractivity contribution in [3.05, 3.63) is 0 Å². The fraction of sp³-hybridized carbons (Fsp3) is 1.00. The lowest BCUT2D eigenvalue weighted by molar-refractivity contribution is -0.0114. The molecular weight excluding hydrogens is 288 g/mol. The van der Waals surface area contributed by atoms with Gasteiger partial charge >= 0.3 is 0 Å². The average Bonchev–Trinajstić information content (AvgIpc) is 2.47. The van der Waals surface area contributed by atoms with Crippen LogP contribution in [0.5, 0.6) is 0 Å². The first-order valence-corrected chi connectivity index (χ1v) is 7.93. The van der Waals surface area contributed by atoms with Gasteiger partial charge in [-0.25, -0.2) is 0 Å². The van der Waals surface area contributed by atoms with Crippen molar-refractivity contribution < 1.29 is 29.5 Å². The Morgan fingerprint density at radius 3 is 2.18 bits per heavy atom. The molecule has 3 N–H and O–H groups in total. The van der Waals surface area contributed by atoms with Crippen LogP contribution in [-0.2, 0) is 14.2 Å². The number of methoxy groups -OCH3 is 1. The second kappa shape index (κ2) is 15.6. The van der Waals surface area contributed by atoms with E-state index in [0.29, 0.717) is 39.0 Å². The van der Waals surface area contributed by atoms with Gasteiger partial charge in [0.15, 0.2) is 0 Å². The Hall–Kier alpha value is -0.240. The highest BCUT2D eigenvalue weighted by Gasteiger charge is 2.22. The molecule has 0 saturated carbocycles. The molecule has 0 aromatic carbocycles. The van der Waals surface area contributed by atoms with Crippen LogP contribution in [0.1, 0.15) is 40.5 Å². The molecule has 6 heteroatoms. The van der Waals surface area contributed by atoms with Crippen LogP contribution in [-0.4, -0.2) is 74.3 Å². The Morgan fingerprint density at radius 1 is 1.14 bits per heavy atom. The number of rotatable bonds is 12. The van der Waals surface area contributed by atoms with Gasteiger partial charge in [0, 0.05) is 19.1 Å². The Bertz CT molecular complexity index is 217. The van der Waals surface area contributed by atoms with Gasteiger partial charge in [0.05, 0.1) is 45.2 Å². The average molecular weight is 324 g/mol. The predicted octanol–water partition coefficient (Wildman–Crippen LogP) is 1.21. The maximum atomic E-state index is 8.86. The number of hydrogen-bond donors (Lipinski definition) is 3. The van der Waals surface area contributed by atoms with Crippen LogP contribution in [0.25, 0.3) is 0 Å². The van der Waals surface area contributed by atoms with Crippen molar-refractivity contribution in [1.82, 2.24) is 0 Å². The third-order valence-corrected chi connectivity index (χ3v) is 3.15. The van der Waals surface area contributed by atoms with E-state index < -0.39 is 0 Å². The lowest BCUT2D eigenvalue weighted by Crippen LogP contribution is -2.28. The highest BCUT2D eigenvalue weighted by molar-refractivity contribution is 4.71. The fourth-order valence-electron chi connectivity index (χ4n) is 1.50. The first-order chi connectivity index (χ1) is 10.3. The maximum Gasteiger partial charge on any atom is 0.0745 e. The minimum absolute atomic E-state index is 0.0569. The molecule has 3 unspecified atom stereocenters. The summed E-state index contributed by atoms with van der Waals surface area (Å²) in [4.78, 5) is 0. The normalized spacial score (nSPS) is 16.4. The van der Waals surface area contributed by atoms with E-state index in [1.807, 2.05) is 13.8 Å². The second-order valence-corrected chi connectivity index (χ2v) is 5.89. The lowest BCUT2D eigenvalue weighted by Gasteiger charge is -2.24. The number of hydrogen-bond acceptors (Lipinski definition) is 6. The Kier molecular flexibility index (Phi) is 17.1. The van der Waals surface area contributed by atoms with Crippen LogP contribution < -0.4 is 0 Å². The van der Waals surface area contributed by atoms with Crippen LogP contribution in [0.4, 0.5) is 0 Å². The molecule has 136 valence electrons. The standard InChI is InChI=1S/C9H20O3.C7H16O3/c1-4-9(3)12-6-5-11-7-8(2)10;1-7(5-9,3-4-8)6-10-2/h8-10H,4-7H2,1-3H3;8-9H,3-6H2,1-2H3. The molecular formula is C16H36O6. The monoisotopic (exact) mass is 324 g/mol. The molecule has 0 fully saturated rings. The van der Waals surface area contributed by atoms with Crippen LogP contribution in [0.15, 0.2) is 0 Å². The maximum absolute atomic E-state index is 8.86. The van der Waals surface area contributed by atoms with E-state index >= 15 is 0 Å². The molecule has 0 aliphatic carbocycles. The van der Waals surface area contributed by atoms with Gasteiger partial charge in [-0.3, -0.25) is 0 Å².